The van der Waals surface area contributed by atoms with Crippen LogP contribution in [0.15, 0.2) is 54.7 Å². The van der Waals surface area contributed by atoms with Crippen molar-refractivity contribution in [2.24, 2.45) is 0 Å². The molecule has 222 valence electrons. The zero-order chi connectivity index (χ0) is 31.0. The predicted molar refractivity (Wildman–Crippen MR) is 165 cm³/mol. The smallest absolute Gasteiger partial charge is 0.265 e. The molecule has 0 radical (unpaired) electrons. The molecular formula is C28H27ClF2N3O5PS2. The van der Waals surface area contributed by atoms with E-state index in [2.05, 4.69) is 15.0 Å². The van der Waals surface area contributed by atoms with Gasteiger partial charge in [0.15, 0.2) is 0 Å². The van der Waals surface area contributed by atoms with Crippen LogP contribution in [0.25, 0.3) is 11.3 Å². The van der Waals surface area contributed by atoms with Crippen LogP contribution < -0.4 is 20.1 Å². The standard InChI is InChI=1S/C28H27ClF2N3O5PS2/c1-15(17-6-19(30)10-23(7-17)40(3,4)36)39-25-11-20(31)14-32-27(25)24-13-26(41-16(24)2)28(35)33-21-8-18(29)9-22(12-21)34-42(5,37)38/h6-15,34H,1-5H3,(H,33,35)/t15-/m0/s1. The van der Waals surface area contributed by atoms with E-state index in [0.717, 1.165) is 29.9 Å². The van der Waals surface area contributed by atoms with Gasteiger partial charge < -0.3 is 14.6 Å². The first kappa shape index (κ1) is 31.6. The van der Waals surface area contributed by atoms with Gasteiger partial charge in [0.2, 0.25) is 10.0 Å². The maximum atomic E-state index is 14.3. The van der Waals surface area contributed by atoms with Gasteiger partial charge in [-0.2, -0.15) is 0 Å². The summed E-state index contributed by atoms with van der Waals surface area (Å²) in [6.07, 6.45) is 1.26. The zero-order valence-electron chi connectivity index (χ0n) is 23.2. The third-order valence-corrected chi connectivity index (χ3v) is 9.35. The van der Waals surface area contributed by atoms with Gasteiger partial charge >= 0.3 is 0 Å². The number of hydrogen-bond acceptors (Lipinski definition) is 7. The van der Waals surface area contributed by atoms with Crippen molar-refractivity contribution in [3.05, 3.63) is 86.7 Å². The maximum absolute atomic E-state index is 14.3. The van der Waals surface area contributed by atoms with Crippen molar-refractivity contribution in [3.63, 3.8) is 0 Å². The van der Waals surface area contributed by atoms with Crippen molar-refractivity contribution in [2.75, 3.05) is 29.6 Å². The molecule has 0 aliphatic carbocycles. The Kier molecular flexibility index (Phi) is 9.13. The highest BCUT2D eigenvalue weighted by Crippen LogP contribution is 2.39. The minimum atomic E-state index is -3.56. The molecule has 0 bridgehead atoms. The van der Waals surface area contributed by atoms with Gasteiger partial charge in [-0.1, -0.05) is 11.6 Å². The third kappa shape index (κ3) is 7.95. The summed E-state index contributed by atoms with van der Waals surface area (Å²) in [4.78, 5) is 18.3. The Labute approximate surface area is 251 Å². The van der Waals surface area contributed by atoms with Crippen molar-refractivity contribution >= 4 is 62.7 Å². The number of sulfonamides is 1. The minimum Gasteiger partial charge on any atom is -0.484 e. The molecule has 0 fully saturated rings. The Morgan fingerprint density at radius 2 is 1.74 bits per heavy atom. The highest BCUT2D eigenvalue weighted by molar-refractivity contribution is 7.92. The minimum absolute atomic E-state index is 0.0729. The molecule has 2 N–H and O–H groups in total. The fourth-order valence-corrected chi connectivity index (χ4v) is 6.66. The first-order chi connectivity index (χ1) is 19.5. The second-order valence-corrected chi connectivity index (χ2v) is 16.7. The van der Waals surface area contributed by atoms with E-state index in [4.69, 9.17) is 16.3 Å². The number of hydrogen-bond donors (Lipinski definition) is 2. The number of aromatic nitrogens is 1. The molecule has 2 heterocycles. The molecule has 0 spiro atoms. The molecule has 0 saturated heterocycles. The van der Waals surface area contributed by atoms with Gasteiger partial charge in [0.05, 0.1) is 23.0 Å². The summed E-state index contributed by atoms with van der Waals surface area (Å²) in [5, 5.41) is 3.26. The van der Waals surface area contributed by atoms with Gasteiger partial charge in [-0.15, -0.1) is 11.3 Å². The number of thiophene rings is 1. The molecule has 0 saturated carbocycles. The van der Waals surface area contributed by atoms with Crippen LogP contribution in [0.4, 0.5) is 20.2 Å². The lowest BCUT2D eigenvalue weighted by molar-refractivity contribution is 0.103. The number of ether oxygens (including phenoxy) is 1. The number of carbonyl (C=O) groups is 1. The van der Waals surface area contributed by atoms with E-state index >= 15 is 0 Å². The number of pyridine rings is 1. The molecule has 0 unspecified atom stereocenters. The molecule has 8 nitrogen and oxygen atoms in total. The number of anilines is 2. The van der Waals surface area contributed by atoms with Crippen LogP contribution in [0.1, 0.15) is 33.1 Å². The van der Waals surface area contributed by atoms with E-state index in [1.807, 2.05) is 0 Å². The van der Waals surface area contributed by atoms with Crippen LogP contribution >= 0.6 is 30.1 Å². The van der Waals surface area contributed by atoms with E-state index in [1.165, 1.54) is 43.7 Å². The van der Waals surface area contributed by atoms with Crippen molar-refractivity contribution in [1.82, 2.24) is 4.98 Å². The summed E-state index contributed by atoms with van der Waals surface area (Å²) in [5.41, 5.74) is 1.65. The molecule has 42 heavy (non-hydrogen) atoms. The van der Waals surface area contributed by atoms with Crippen LogP contribution in [0.2, 0.25) is 5.02 Å². The largest absolute Gasteiger partial charge is 0.484 e. The average Bonchev–Trinajstić information content (AvgIpc) is 3.23. The number of nitrogens with one attached hydrogen (secondary N) is 2. The molecule has 1 amide bonds. The quantitative estimate of drug-likeness (QED) is 0.187. The van der Waals surface area contributed by atoms with Gasteiger partial charge in [-0.25, -0.2) is 22.2 Å². The highest BCUT2D eigenvalue weighted by Gasteiger charge is 2.22. The van der Waals surface area contributed by atoms with Crippen LogP contribution in [-0.2, 0) is 14.6 Å². The van der Waals surface area contributed by atoms with Crippen LogP contribution in [0, 0.1) is 18.6 Å². The Morgan fingerprint density at radius 1 is 1.05 bits per heavy atom. The van der Waals surface area contributed by atoms with Gasteiger partial charge in [0.25, 0.3) is 5.91 Å². The molecular weight excluding hydrogens is 627 g/mol. The Hall–Kier alpha value is -3.31. The maximum Gasteiger partial charge on any atom is 0.265 e. The molecule has 1 atom stereocenters. The molecule has 2 aromatic heterocycles. The SMILES string of the molecule is Cc1sc(C(=O)Nc2cc(Cl)cc(NS(C)(=O)=O)c2)cc1-c1ncc(F)cc1O[C@@H](C)c1cc(F)cc(P(C)(C)=O)c1. The second kappa shape index (κ2) is 12.1. The fraction of sp³-hybridized carbons (Fsp3) is 0.214. The van der Waals surface area contributed by atoms with E-state index in [9.17, 15) is 26.6 Å². The van der Waals surface area contributed by atoms with Gasteiger partial charge in [-0.3, -0.25) is 9.52 Å². The third-order valence-electron chi connectivity index (χ3n) is 5.97. The van der Waals surface area contributed by atoms with E-state index < -0.39 is 40.8 Å². The van der Waals surface area contributed by atoms with Crippen LogP contribution in [-0.4, -0.2) is 38.9 Å². The number of aryl methyl sites for hydroxylation is 1. The molecule has 2 aromatic carbocycles. The number of halogens is 3. The molecule has 0 aliphatic heterocycles. The van der Waals surface area contributed by atoms with Crippen molar-refractivity contribution in [3.8, 4) is 17.0 Å². The topological polar surface area (TPSA) is 114 Å². The second-order valence-electron chi connectivity index (χ2n) is 9.99. The number of nitrogens with zero attached hydrogens (tertiary/aromatic N) is 1. The van der Waals surface area contributed by atoms with Crippen molar-refractivity contribution in [1.29, 1.82) is 0 Å². The molecule has 4 rings (SSSR count). The fourth-order valence-electron chi connectivity index (χ4n) is 4.07. The normalized spacial score (nSPS) is 12.6. The number of carbonyl (C=O) groups excluding carboxylic acids is 1. The molecule has 14 heteroatoms. The molecule has 0 aliphatic rings. The van der Waals surface area contributed by atoms with Gasteiger partial charge in [0.1, 0.15) is 36.3 Å². The van der Waals surface area contributed by atoms with Crippen molar-refractivity contribution < 1.29 is 31.3 Å². The van der Waals surface area contributed by atoms with E-state index in [1.54, 1.807) is 26.0 Å². The lowest BCUT2D eigenvalue weighted by atomic mass is 10.1. The summed E-state index contributed by atoms with van der Waals surface area (Å²) in [6, 6.07) is 11.1. The lowest BCUT2D eigenvalue weighted by Gasteiger charge is -2.19. The summed E-state index contributed by atoms with van der Waals surface area (Å²) in [7, 11) is -6.32. The lowest BCUT2D eigenvalue weighted by Crippen LogP contribution is -2.12. The first-order valence-corrected chi connectivity index (χ1v) is 18.1. The Bertz CT molecular complexity index is 1840. The average molecular weight is 654 g/mol. The number of rotatable bonds is 9. The van der Waals surface area contributed by atoms with Crippen LogP contribution in [0.5, 0.6) is 5.75 Å². The first-order valence-electron chi connectivity index (χ1n) is 12.4. The van der Waals surface area contributed by atoms with Gasteiger partial charge in [-0.05, 0) is 75.2 Å². The monoisotopic (exact) mass is 653 g/mol. The summed E-state index contributed by atoms with van der Waals surface area (Å²) in [6.45, 7) is 6.50. The summed E-state index contributed by atoms with van der Waals surface area (Å²) >= 11 is 7.27. The summed E-state index contributed by atoms with van der Waals surface area (Å²) < 4.78 is 72.8. The van der Waals surface area contributed by atoms with Crippen molar-refractivity contribution in [2.45, 2.75) is 20.0 Å². The Balaban J connectivity index is 1.63. The van der Waals surface area contributed by atoms with E-state index in [0.29, 0.717) is 26.2 Å². The van der Waals surface area contributed by atoms with Gasteiger partial charge in [0, 0.05) is 32.5 Å². The predicted octanol–water partition coefficient (Wildman–Crippen LogP) is 7.06. The number of benzene rings is 2. The van der Waals surface area contributed by atoms with Crippen LogP contribution in [0.3, 0.4) is 0 Å². The summed E-state index contributed by atoms with van der Waals surface area (Å²) in [5.74, 6) is -1.64. The molecule has 4 aromatic rings. The Morgan fingerprint density at radius 3 is 2.40 bits per heavy atom. The zero-order valence-corrected chi connectivity index (χ0v) is 26.4. The number of amides is 1. The van der Waals surface area contributed by atoms with E-state index in [-0.39, 0.29) is 27.8 Å². The highest BCUT2D eigenvalue weighted by atomic mass is 35.5.